The molecule has 1 saturated heterocycles. The van der Waals surface area contributed by atoms with Gasteiger partial charge in [0.2, 0.25) is 5.91 Å². The van der Waals surface area contributed by atoms with E-state index in [4.69, 9.17) is 15.2 Å². The molecule has 2 rings (SSSR count). The highest BCUT2D eigenvalue weighted by atomic mass is 16.5. The molecule has 1 aliphatic rings. The van der Waals surface area contributed by atoms with Gasteiger partial charge in [-0.15, -0.1) is 0 Å². The molecule has 20 heavy (non-hydrogen) atoms. The lowest BCUT2D eigenvalue weighted by Gasteiger charge is -2.29. The lowest BCUT2D eigenvalue weighted by Crippen LogP contribution is -2.49. The number of ether oxygens (including phenoxy) is 2. The van der Waals surface area contributed by atoms with Gasteiger partial charge in [0.25, 0.3) is 0 Å². The highest BCUT2D eigenvalue weighted by Crippen LogP contribution is 2.28. The molecule has 0 saturated carbocycles. The number of nitrogens with two attached hydrogens (primary N) is 1. The molecule has 3 N–H and O–H groups in total. The molecule has 0 radical (unpaired) electrons. The Labute approximate surface area is 118 Å². The molecule has 1 fully saturated rings. The van der Waals surface area contributed by atoms with E-state index in [2.05, 4.69) is 5.32 Å². The van der Waals surface area contributed by atoms with Crippen LogP contribution in [0.5, 0.6) is 11.5 Å². The van der Waals surface area contributed by atoms with Crippen LogP contribution in [0.1, 0.15) is 11.6 Å². The van der Waals surface area contributed by atoms with Crippen molar-refractivity contribution < 1.29 is 14.3 Å². The van der Waals surface area contributed by atoms with Crippen LogP contribution in [0, 0.1) is 0 Å². The highest BCUT2D eigenvalue weighted by Gasteiger charge is 2.21. The molecule has 1 amide bonds. The summed E-state index contributed by atoms with van der Waals surface area (Å²) in [6, 6.07) is 5.38. The van der Waals surface area contributed by atoms with Gasteiger partial charge in [-0.2, -0.15) is 0 Å². The van der Waals surface area contributed by atoms with E-state index in [1.165, 1.54) is 0 Å². The summed E-state index contributed by atoms with van der Waals surface area (Å²) in [7, 11) is 3.22. The highest BCUT2D eigenvalue weighted by molar-refractivity contribution is 5.78. The standard InChI is InChI=1S/C14H21N3O3/c1-19-10-3-4-11(13(7-10)20-2)12(15)8-17-6-5-16-14(18)9-17/h3-4,7,12H,5-6,8-9,15H2,1-2H3,(H,16,18). The van der Waals surface area contributed by atoms with E-state index in [1.807, 2.05) is 23.1 Å². The first-order valence-corrected chi connectivity index (χ1v) is 6.60. The number of benzene rings is 1. The Bertz CT molecular complexity index is 479. The summed E-state index contributed by atoms with van der Waals surface area (Å²) in [5, 5.41) is 2.80. The second-order valence-corrected chi connectivity index (χ2v) is 4.80. The van der Waals surface area contributed by atoms with Crippen molar-refractivity contribution in [3.8, 4) is 11.5 Å². The number of hydrogen-bond donors (Lipinski definition) is 2. The van der Waals surface area contributed by atoms with Crippen molar-refractivity contribution in [1.29, 1.82) is 0 Å². The Kier molecular flexibility index (Phi) is 4.81. The number of amides is 1. The quantitative estimate of drug-likeness (QED) is 0.801. The zero-order valence-corrected chi connectivity index (χ0v) is 11.9. The third-order valence-electron chi connectivity index (χ3n) is 3.41. The number of rotatable bonds is 5. The van der Waals surface area contributed by atoms with Crippen LogP contribution in [0.4, 0.5) is 0 Å². The van der Waals surface area contributed by atoms with Crippen LogP contribution in [0.3, 0.4) is 0 Å². The maximum absolute atomic E-state index is 11.4. The number of carbonyl (C=O) groups excluding carboxylic acids is 1. The molecule has 110 valence electrons. The van der Waals surface area contributed by atoms with Crippen LogP contribution in [-0.4, -0.2) is 51.2 Å². The first-order chi connectivity index (χ1) is 9.63. The van der Waals surface area contributed by atoms with Crippen molar-refractivity contribution >= 4 is 5.91 Å². The number of methoxy groups -OCH3 is 2. The monoisotopic (exact) mass is 279 g/mol. The van der Waals surface area contributed by atoms with Gasteiger partial charge in [-0.1, -0.05) is 6.07 Å². The lowest BCUT2D eigenvalue weighted by molar-refractivity contribution is -0.124. The van der Waals surface area contributed by atoms with E-state index in [9.17, 15) is 4.79 Å². The van der Waals surface area contributed by atoms with Crippen LogP contribution in [0.25, 0.3) is 0 Å². The Balaban J connectivity index is 2.08. The number of nitrogens with one attached hydrogen (secondary N) is 1. The molecule has 6 nitrogen and oxygen atoms in total. The van der Waals surface area contributed by atoms with Gasteiger partial charge >= 0.3 is 0 Å². The Morgan fingerprint density at radius 1 is 1.40 bits per heavy atom. The van der Waals surface area contributed by atoms with Gasteiger partial charge in [-0.3, -0.25) is 9.69 Å². The number of carbonyl (C=O) groups is 1. The van der Waals surface area contributed by atoms with Crippen molar-refractivity contribution in [2.45, 2.75) is 6.04 Å². The Morgan fingerprint density at radius 3 is 2.85 bits per heavy atom. The van der Waals surface area contributed by atoms with Gasteiger partial charge in [0.1, 0.15) is 11.5 Å². The molecular weight excluding hydrogens is 258 g/mol. The van der Waals surface area contributed by atoms with Gasteiger partial charge in [0.15, 0.2) is 0 Å². The van der Waals surface area contributed by atoms with E-state index >= 15 is 0 Å². The number of nitrogens with zero attached hydrogens (tertiary/aromatic N) is 1. The third-order valence-corrected chi connectivity index (χ3v) is 3.41. The molecule has 1 aromatic rings. The molecule has 1 heterocycles. The van der Waals surface area contributed by atoms with Gasteiger partial charge in [0.05, 0.1) is 20.8 Å². The molecule has 0 aliphatic carbocycles. The minimum Gasteiger partial charge on any atom is -0.497 e. The predicted molar refractivity (Wildman–Crippen MR) is 75.9 cm³/mol. The largest absolute Gasteiger partial charge is 0.497 e. The second-order valence-electron chi connectivity index (χ2n) is 4.80. The smallest absolute Gasteiger partial charge is 0.234 e. The molecule has 1 atom stereocenters. The first-order valence-electron chi connectivity index (χ1n) is 6.60. The summed E-state index contributed by atoms with van der Waals surface area (Å²) >= 11 is 0. The van der Waals surface area contributed by atoms with Crippen LogP contribution in [0.2, 0.25) is 0 Å². The van der Waals surface area contributed by atoms with Crippen LogP contribution in [-0.2, 0) is 4.79 Å². The molecule has 1 aromatic carbocycles. The molecule has 0 bridgehead atoms. The van der Waals surface area contributed by atoms with Gasteiger partial charge in [-0.25, -0.2) is 0 Å². The number of piperazine rings is 1. The van der Waals surface area contributed by atoms with E-state index in [1.54, 1.807) is 14.2 Å². The molecular formula is C14H21N3O3. The SMILES string of the molecule is COc1ccc(C(N)CN2CCNC(=O)C2)c(OC)c1. The van der Waals surface area contributed by atoms with E-state index in [0.717, 1.165) is 17.9 Å². The van der Waals surface area contributed by atoms with E-state index in [-0.39, 0.29) is 11.9 Å². The lowest BCUT2D eigenvalue weighted by atomic mass is 10.1. The van der Waals surface area contributed by atoms with Gasteiger partial charge < -0.3 is 20.5 Å². The minimum absolute atomic E-state index is 0.0464. The summed E-state index contributed by atoms with van der Waals surface area (Å²) in [6.45, 7) is 2.51. The minimum atomic E-state index is -0.207. The maximum atomic E-state index is 11.4. The van der Waals surface area contributed by atoms with Crippen LogP contribution < -0.4 is 20.5 Å². The van der Waals surface area contributed by atoms with Crippen molar-refractivity contribution in [3.63, 3.8) is 0 Å². The van der Waals surface area contributed by atoms with Gasteiger partial charge in [0, 0.05) is 37.3 Å². The van der Waals surface area contributed by atoms with Crippen LogP contribution >= 0.6 is 0 Å². The summed E-state index contributed by atoms with van der Waals surface area (Å²) in [5.41, 5.74) is 7.16. The average Bonchev–Trinajstić information content (AvgIpc) is 2.46. The van der Waals surface area contributed by atoms with E-state index in [0.29, 0.717) is 25.4 Å². The van der Waals surface area contributed by atoms with Crippen molar-refractivity contribution in [2.24, 2.45) is 5.73 Å². The molecule has 0 aromatic heterocycles. The van der Waals surface area contributed by atoms with Crippen molar-refractivity contribution in [3.05, 3.63) is 23.8 Å². The molecule has 1 unspecified atom stereocenters. The van der Waals surface area contributed by atoms with E-state index < -0.39 is 0 Å². The summed E-state index contributed by atoms with van der Waals surface area (Å²) in [5.74, 6) is 1.48. The van der Waals surface area contributed by atoms with Crippen LogP contribution in [0.15, 0.2) is 18.2 Å². The van der Waals surface area contributed by atoms with Crippen molar-refractivity contribution in [1.82, 2.24) is 10.2 Å². The summed E-state index contributed by atoms with van der Waals surface area (Å²) in [6.07, 6.45) is 0. The third kappa shape index (κ3) is 3.40. The molecule has 1 aliphatic heterocycles. The molecule has 6 heteroatoms. The predicted octanol–water partition coefficient (Wildman–Crippen LogP) is 0.135. The summed E-state index contributed by atoms with van der Waals surface area (Å²) < 4.78 is 10.5. The Hall–Kier alpha value is -1.79. The average molecular weight is 279 g/mol. The normalized spacial score (nSPS) is 17.4. The maximum Gasteiger partial charge on any atom is 0.234 e. The fourth-order valence-electron chi connectivity index (χ4n) is 2.35. The number of hydrogen-bond acceptors (Lipinski definition) is 5. The Morgan fingerprint density at radius 2 is 2.20 bits per heavy atom. The van der Waals surface area contributed by atoms with Crippen molar-refractivity contribution in [2.75, 3.05) is 40.4 Å². The summed E-state index contributed by atoms with van der Waals surface area (Å²) in [4.78, 5) is 13.4. The fraction of sp³-hybridized carbons (Fsp3) is 0.500. The zero-order valence-electron chi connectivity index (χ0n) is 11.9. The van der Waals surface area contributed by atoms with Gasteiger partial charge in [-0.05, 0) is 6.07 Å². The topological polar surface area (TPSA) is 76.8 Å². The zero-order chi connectivity index (χ0) is 14.5. The second kappa shape index (κ2) is 6.58. The fourth-order valence-corrected chi connectivity index (χ4v) is 2.35. The molecule has 0 spiro atoms. The first kappa shape index (κ1) is 14.6.